The topological polar surface area (TPSA) is 44.8 Å². The van der Waals surface area contributed by atoms with Crippen molar-refractivity contribution in [1.29, 1.82) is 0 Å². The van der Waals surface area contributed by atoms with Crippen LogP contribution in [0.3, 0.4) is 0 Å². The van der Waals surface area contributed by atoms with Crippen LogP contribution in [0.1, 0.15) is 43.1 Å². The summed E-state index contributed by atoms with van der Waals surface area (Å²) in [5.74, 6) is 1.62. The summed E-state index contributed by atoms with van der Waals surface area (Å²) in [4.78, 5) is 10.9. The fourth-order valence-electron chi connectivity index (χ4n) is 2.46. The van der Waals surface area contributed by atoms with Crippen molar-refractivity contribution in [2.75, 3.05) is 20.3 Å². The summed E-state index contributed by atoms with van der Waals surface area (Å²) in [6.07, 6.45) is 1.79. The second kappa shape index (κ2) is 8.95. The van der Waals surface area contributed by atoms with E-state index in [2.05, 4.69) is 32.9 Å². The lowest BCUT2D eigenvalue weighted by atomic mass is 9.82. The van der Waals surface area contributed by atoms with Crippen LogP contribution in [0.5, 0.6) is 17.2 Å². The average Bonchev–Trinajstić information content (AvgIpc) is 2.66. The number of hydrogen-bond donors (Lipinski definition) is 0. The number of hydrogen-bond acceptors (Lipinski definition) is 4. The van der Waals surface area contributed by atoms with Gasteiger partial charge in [-0.15, -0.1) is 0 Å². The third-order valence-corrected chi connectivity index (χ3v) is 4.79. The van der Waals surface area contributed by atoms with Crippen LogP contribution in [0.2, 0.25) is 5.02 Å². The summed E-state index contributed by atoms with van der Waals surface area (Å²) in [5.41, 5.74) is 1.88. The quantitative estimate of drug-likeness (QED) is 0.439. The van der Waals surface area contributed by atoms with Crippen molar-refractivity contribution in [3.05, 3.63) is 52.5 Å². The Morgan fingerprint density at radius 3 is 2.31 bits per heavy atom. The van der Waals surface area contributed by atoms with Crippen LogP contribution < -0.4 is 14.2 Å². The van der Waals surface area contributed by atoms with Crippen LogP contribution in [0.4, 0.5) is 0 Å². The molecule has 0 N–H and O–H groups in total. The van der Waals surface area contributed by atoms with Crippen molar-refractivity contribution in [3.8, 4) is 17.2 Å². The fraction of sp³-hybridized carbons (Fsp3) is 0.381. The van der Waals surface area contributed by atoms with E-state index in [0.29, 0.717) is 41.6 Å². The molecule has 2 rings (SSSR count). The minimum atomic E-state index is 0.155. The van der Waals surface area contributed by atoms with Crippen molar-refractivity contribution in [1.82, 2.24) is 0 Å². The van der Waals surface area contributed by atoms with Gasteiger partial charge in [-0.1, -0.05) is 44.5 Å². The highest BCUT2D eigenvalue weighted by Crippen LogP contribution is 2.36. The Morgan fingerprint density at radius 1 is 1.08 bits per heavy atom. The molecule has 140 valence electrons. The second-order valence-electron chi connectivity index (χ2n) is 6.61. The van der Waals surface area contributed by atoms with Crippen molar-refractivity contribution in [2.45, 2.75) is 32.6 Å². The first-order valence-electron chi connectivity index (χ1n) is 8.60. The number of carbonyl (C=O) groups is 1. The molecular formula is C21H25ClO4. The van der Waals surface area contributed by atoms with Crippen molar-refractivity contribution in [2.24, 2.45) is 0 Å². The van der Waals surface area contributed by atoms with Gasteiger partial charge in [0.1, 0.15) is 25.2 Å². The third-order valence-electron chi connectivity index (χ3n) is 4.51. The molecule has 0 radical (unpaired) electrons. The zero-order valence-electron chi connectivity index (χ0n) is 15.7. The van der Waals surface area contributed by atoms with Gasteiger partial charge in [0.2, 0.25) is 0 Å². The minimum Gasteiger partial charge on any atom is -0.493 e. The van der Waals surface area contributed by atoms with E-state index in [-0.39, 0.29) is 5.41 Å². The minimum absolute atomic E-state index is 0.155. The lowest BCUT2D eigenvalue weighted by molar-refractivity contribution is 0.112. The van der Waals surface area contributed by atoms with Crippen LogP contribution in [0.15, 0.2) is 36.4 Å². The first-order chi connectivity index (χ1) is 12.4. The Hall–Kier alpha value is -2.20. The van der Waals surface area contributed by atoms with Crippen molar-refractivity contribution >= 4 is 17.9 Å². The molecule has 0 fully saturated rings. The normalized spacial score (nSPS) is 11.1. The summed E-state index contributed by atoms with van der Waals surface area (Å²) in [6.45, 7) is 7.31. The molecule has 0 aliphatic rings. The lowest BCUT2D eigenvalue weighted by Crippen LogP contribution is -2.15. The van der Waals surface area contributed by atoms with Crippen molar-refractivity contribution < 1.29 is 19.0 Å². The number of methoxy groups -OCH3 is 1. The third kappa shape index (κ3) is 4.92. The maximum Gasteiger partial charge on any atom is 0.179 e. The lowest BCUT2D eigenvalue weighted by Gasteiger charge is -2.23. The number of halogens is 1. The van der Waals surface area contributed by atoms with E-state index in [1.807, 2.05) is 12.1 Å². The largest absolute Gasteiger partial charge is 0.493 e. The molecule has 2 aromatic rings. The first kappa shape index (κ1) is 20.1. The van der Waals surface area contributed by atoms with Crippen LogP contribution in [-0.2, 0) is 5.41 Å². The molecule has 0 aliphatic heterocycles. The monoisotopic (exact) mass is 376 g/mol. The van der Waals surface area contributed by atoms with E-state index >= 15 is 0 Å². The molecule has 0 saturated carbocycles. The first-order valence-corrected chi connectivity index (χ1v) is 8.98. The molecule has 0 aromatic heterocycles. The maximum absolute atomic E-state index is 10.9. The number of rotatable bonds is 9. The molecule has 0 heterocycles. The van der Waals surface area contributed by atoms with Crippen molar-refractivity contribution in [3.63, 3.8) is 0 Å². The zero-order valence-corrected chi connectivity index (χ0v) is 16.4. The predicted molar refractivity (Wildman–Crippen MR) is 104 cm³/mol. The van der Waals surface area contributed by atoms with E-state index in [1.54, 1.807) is 12.1 Å². The molecule has 0 spiro atoms. The predicted octanol–water partition coefficient (Wildman–Crippen LogP) is 5.31. The molecule has 2 aromatic carbocycles. The Morgan fingerprint density at radius 2 is 1.73 bits per heavy atom. The average molecular weight is 377 g/mol. The highest BCUT2D eigenvalue weighted by molar-refractivity contribution is 6.32. The molecule has 5 heteroatoms. The van der Waals surface area contributed by atoms with Gasteiger partial charge in [-0.3, -0.25) is 4.79 Å². The smallest absolute Gasteiger partial charge is 0.179 e. The Labute approximate surface area is 160 Å². The van der Waals surface area contributed by atoms with E-state index in [1.165, 1.54) is 12.7 Å². The SMILES string of the molecule is CCC(C)(C)c1ccc(OCCOc2c(Cl)cc(C=O)cc2OC)cc1. The Balaban J connectivity index is 1.92. The molecule has 0 aliphatic carbocycles. The molecule has 0 saturated heterocycles. The van der Waals surface area contributed by atoms with Gasteiger partial charge in [-0.2, -0.15) is 0 Å². The summed E-state index contributed by atoms with van der Waals surface area (Å²) >= 11 is 6.16. The standard InChI is InChI=1S/C21H25ClO4/c1-5-21(2,3)16-6-8-17(9-7-16)25-10-11-26-20-18(22)12-15(14-23)13-19(20)24-4/h6-9,12-14H,5,10-11H2,1-4H3. The second-order valence-corrected chi connectivity index (χ2v) is 7.02. The van der Waals surface area contributed by atoms with Crippen LogP contribution in [0, 0.1) is 0 Å². The van der Waals surface area contributed by atoms with E-state index in [0.717, 1.165) is 12.2 Å². The zero-order chi connectivity index (χ0) is 19.2. The fourth-order valence-corrected chi connectivity index (χ4v) is 2.73. The Kier molecular flexibility index (Phi) is 6.92. The summed E-state index contributed by atoms with van der Waals surface area (Å²) in [6, 6.07) is 11.3. The van der Waals surface area contributed by atoms with Gasteiger partial charge in [0.05, 0.1) is 12.1 Å². The molecule has 0 bridgehead atoms. The van der Waals surface area contributed by atoms with Crippen LogP contribution in [-0.4, -0.2) is 26.6 Å². The van der Waals surface area contributed by atoms with Gasteiger partial charge in [-0.25, -0.2) is 0 Å². The maximum atomic E-state index is 10.9. The summed E-state index contributed by atoms with van der Waals surface area (Å²) < 4.78 is 16.6. The number of benzene rings is 2. The van der Waals surface area contributed by atoms with Gasteiger partial charge in [0.15, 0.2) is 11.5 Å². The number of ether oxygens (including phenoxy) is 3. The number of carbonyl (C=O) groups excluding carboxylic acids is 1. The molecule has 0 unspecified atom stereocenters. The number of aldehydes is 1. The van der Waals surface area contributed by atoms with Gasteiger partial charge in [0.25, 0.3) is 0 Å². The Bertz CT molecular complexity index is 738. The summed E-state index contributed by atoms with van der Waals surface area (Å²) in [5, 5.41) is 0.331. The molecule has 26 heavy (non-hydrogen) atoms. The van der Waals surface area contributed by atoms with Gasteiger partial charge in [0, 0.05) is 5.56 Å². The van der Waals surface area contributed by atoms with Crippen LogP contribution >= 0.6 is 11.6 Å². The van der Waals surface area contributed by atoms with E-state index in [9.17, 15) is 4.79 Å². The molecule has 4 nitrogen and oxygen atoms in total. The highest BCUT2D eigenvalue weighted by atomic mass is 35.5. The highest BCUT2D eigenvalue weighted by Gasteiger charge is 2.17. The summed E-state index contributed by atoms with van der Waals surface area (Å²) in [7, 11) is 1.50. The van der Waals surface area contributed by atoms with E-state index in [4.69, 9.17) is 25.8 Å². The molecule has 0 amide bonds. The van der Waals surface area contributed by atoms with E-state index < -0.39 is 0 Å². The van der Waals surface area contributed by atoms with Gasteiger partial charge < -0.3 is 14.2 Å². The van der Waals surface area contributed by atoms with Gasteiger partial charge in [-0.05, 0) is 41.7 Å². The molecular weight excluding hydrogens is 352 g/mol. The van der Waals surface area contributed by atoms with Gasteiger partial charge >= 0.3 is 0 Å². The molecule has 0 atom stereocenters. The van der Waals surface area contributed by atoms with Crippen LogP contribution in [0.25, 0.3) is 0 Å².